The molecule has 1 aliphatic carbocycles. The van der Waals surface area contributed by atoms with E-state index in [1.165, 1.54) is 12.8 Å². The number of nitrogens with two attached hydrogens (primary N) is 1. The first-order valence-corrected chi connectivity index (χ1v) is 14.1. The molecule has 3 aromatic carbocycles. The Kier molecular flexibility index (Phi) is 8.94. The molecule has 1 amide bonds. The van der Waals surface area contributed by atoms with E-state index in [0.29, 0.717) is 29.5 Å². The normalized spacial score (nSPS) is 14.0. The van der Waals surface area contributed by atoms with Gasteiger partial charge < -0.3 is 21.1 Å². The van der Waals surface area contributed by atoms with E-state index >= 15 is 0 Å². The smallest absolute Gasteiger partial charge is 0.435 e. The summed E-state index contributed by atoms with van der Waals surface area (Å²) in [5.41, 5.74) is 7.73. The lowest BCUT2D eigenvalue weighted by Gasteiger charge is -2.21. The standard InChI is InChI=1S/C32H34F3N5O2/c1-2-15-42-27-13-11-23(12-14-27)30(37-20-21-9-10-21)24-6-4-7-25(17-24)38-31(41)28-18-29(32(33,34)35)39-40(28)26-8-3-5-22(16-26)19-36/h3-8,11-14,16-18,21,30,37H,2,9-10,15,19-20,36H2,1H3,(H,38,41). The van der Waals surface area contributed by atoms with Gasteiger partial charge >= 0.3 is 6.18 Å². The van der Waals surface area contributed by atoms with Gasteiger partial charge in [-0.3, -0.25) is 4.79 Å². The van der Waals surface area contributed by atoms with Crippen molar-refractivity contribution in [3.63, 3.8) is 0 Å². The molecular weight excluding hydrogens is 543 g/mol. The maximum atomic E-state index is 13.6. The van der Waals surface area contributed by atoms with Gasteiger partial charge in [-0.15, -0.1) is 0 Å². The Hall–Kier alpha value is -4.15. The predicted molar refractivity (Wildman–Crippen MR) is 156 cm³/mol. The van der Waals surface area contributed by atoms with Crippen molar-refractivity contribution in [1.29, 1.82) is 0 Å². The van der Waals surface area contributed by atoms with Gasteiger partial charge in [0.2, 0.25) is 0 Å². The highest BCUT2D eigenvalue weighted by Gasteiger charge is 2.36. The highest BCUT2D eigenvalue weighted by Crippen LogP contribution is 2.32. The van der Waals surface area contributed by atoms with Crippen molar-refractivity contribution in [2.24, 2.45) is 11.7 Å². The zero-order valence-electron chi connectivity index (χ0n) is 23.3. The van der Waals surface area contributed by atoms with Crippen LogP contribution in [0.1, 0.15) is 65.1 Å². The first-order chi connectivity index (χ1) is 20.2. The van der Waals surface area contributed by atoms with Gasteiger partial charge in [-0.2, -0.15) is 18.3 Å². The Morgan fingerprint density at radius 3 is 2.50 bits per heavy atom. The van der Waals surface area contributed by atoms with Crippen LogP contribution in [0.15, 0.2) is 78.9 Å². The number of carbonyl (C=O) groups is 1. The van der Waals surface area contributed by atoms with E-state index < -0.39 is 17.8 Å². The summed E-state index contributed by atoms with van der Waals surface area (Å²) in [6, 6.07) is 22.5. The van der Waals surface area contributed by atoms with E-state index in [0.717, 1.165) is 40.6 Å². The third-order valence-corrected chi connectivity index (χ3v) is 7.09. The summed E-state index contributed by atoms with van der Waals surface area (Å²) in [6.45, 7) is 3.75. The minimum Gasteiger partial charge on any atom is -0.494 e. The third-order valence-electron chi connectivity index (χ3n) is 7.09. The van der Waals surface area contributed by atoms with Crippen LogP contribution in [0.4, 0.5) is 18.9 Å². The Balaban J connectivity index is 1.42. The summed E-state index contributed by atoms with van der Waals surface area (Å²) in [5.74, 6) is 0.728. The van der Waals surface area contributed by atoms with Crippen molar-refractivity contribution in [3.8, 4) is 11.4 Å². The van der Waals surface area contributed by atoms with E-state index in [9.17, 15) is 18.0 Å². The van der Waals surface area contributed by atoms with Gasteiger partial charge in [-0.25, -0.2) is 4.68 Å². The summed E-state index contributed by atoms with van der Waals surface area (Å²) in [6.07, 6.45) is -1.41. The number of carbonyl (C=O) groups excluding carboxylic acids is 1. The lowest BCUT2D eigenvalue weighted by molar-refractivity contribution is -0.141. The fourth-order valence-electron chi connectivity index (χ4n) is 4.70. The maximum Gasteiger partial charge on any atom is 0.435 e. The number of nitrogens with one attached hydrogen (secondary N) is 2. The van der Waals surface area contributed by atoms with Crippen molar-refractivity contribution in [1.82, 2.24) is 15.1 Å². The van der Waals surface area contributed by atoms with Crippen LogP contribution in [0.3, 0.4) is 0 Å². The van der Waals surface area contributed by atoms with Crippen LogP contribution in [-0.4, -0.2) is 28.8 Å². The third kappa shape index (κ3) is 7.18. The molecule has 4 aromatic rings. The molecule has 1 heterocycles. The van der Waals surface area contributed by atoms with Crippen molar-refractivity contribution in [3.05, 3.63) is 107 Å². The summed E-state index contributed by atoms with van der Waals surface area (Å²) in [7, 11) is 0. The zero-order chi connectivity index (χ0) is 29.7. The number of anilines is 1. The Bertz CT molecular complexity index is 1510. The molecule has 220 valence electrons. The second-order valence-electron chi connectivity index (χ2n) is 10.5. The van der Waals surface area contributed by atoms with Crippen molar-refractivity contribution >= 4 is 11.6 Å². The van der Waals surface area contributed by atoms with Crippen molar-refractivity contribution < 1.29 is 22.7 Å². The monoisotopic (exact) mass is 577 g/mol. The maximum absolute atomic E-state index is 13.6. The second-order valence-corrected chi connectivity index (χ2v) is 10.5. The fraction of sp³-hybridized carbons (Fsp3) is 0.312. The number of hydrogen-bond donors (Lipinski definition) is 3. The summed E-state index contributed by atoms with van der Waals surface area (Å²) < 4.78 is 47.6. The van der Waals surface area contributed by atoms with E-state index in [1.54, 1.807) is 30.3 Å². The molecule has 0 radical (unpaired) electrons. The molecule has 5 rings (SSSR count). The summed E-state index contributed by atoms with van der Waals surface area (Å²) >= 11 is 0. The lowest BCUT2D eigenvalue weighted by Crippen LogP contribution is -2.25. The van der Waals surface area contributed by atoms with Crippen molar-refractivity contribution in [2.45, 2.75) is 44.9 Å². The van der Waals surface area contributed by atoms with Gasteiger partial charge in [0, 0.05) is 18.3 Å². The summed E-state index contributed by atoms with van der Waals surface area (Å²) in [4.78, 5) is 13.4. The first-order valence-electron chi connectivity index (χ1n) is 14.1. The molecule has 7 nitrogen and oxygen atoms in total. The molecule has 0 aliphatic heterocycles. The second kappa shape index (κ2) is 12.8. The molecule has 1 aromatic heterocycles. The van der Waals surface area contributed by atoms with Crippen LogP contribution in [-0.2, 0) is 12.7 Å². The largest absolute Gasteiger partial charge is 0.494 e. The number of aromatic nitrogens is 2. The van der Waals surface area contributed by atoms with E-state index in [4.69, 9.17) is 10.5 Å². The SMILES string of the molecule is CCCOc1ccc(C(NCC2CC2)c2cccc(NC(=O)c3cc(C(F)(F)F)nn3-c3cccc(CN)c3)c2)cc1. The quantitative estimate of drug-likeness (QED) is 0.179. The minimum absolute atomic E-state index is 0.149. The molecule has 10 heteroatoms. The Labute approximate surface area is 242 Å². The minimum atomic E-state index is -4.72. The van der Waals surface area contributed by atoms with E-state index in [1.807, 2.05) is 42.5 Å². The molecule has 1 aliphatic rings. The van der Waals surface area contributed by atoms with Crippen LogP contribution in [0.25, 0.3) is 5.69 Å². The molecule has 1 fully saturated rings. The van der Waals surface area contributed by atoms with Crippen molar-refractivity contribution in [2.75, 3.05) is 18.5 Å². The number of halogens is 3. The molecule has 1 atom stereocenters. The molecule has 0 bridgehead atoms. The Morgan fingerprint density at radius 1 is 1.05 bits per heavy atom. The average Bonchev–Trinajstić information content (AvgIpc) is 3.70. The number of amides is 1. The summed E-state index contributed by atoms with van der Waals surface area (Å²) in [5, 5.41) is 10.1. The number of alkyl halides is 3. The van der Waals surface area contributed by atoms with Gasteiger partial charge in [-0.05, 0) is 84.8 Å². The fourth-order valence-corrected chi connectivity index (χ4v) is 4.70. The van der Waals surface area contributed by atoms with Gasteiger partial charge in [-0.1, -0.05) is 43.3 Å². The van der Waals surface area contributed by atoms with Crippen LogP contribution < -0.4 is 21.1 Å². The topological polar surface area (TPSA) is 94.2 Å². The first kappa shape index (κ1) is 29.3. The lowest BCUT2D eigenvalue weighted by atomic mass is 9.97. The number of hydrogen-bond acceptors (Lipinski definition) is 5. The van der Waals surface area contributed by atoms with E-state index in [-0.39, 0.29) is 18.3 Å². The molecule has 42 heavy (non-hydrogen) atoms. The molecule has 1 saturated carbocycles. The molecular formula is C32H34F3N5O2. The Morgan fingerprint density at radius 2 is 1.81 bits per heavy atom. The van der Waals surface area contributed by atoms with Crippen LogP contribution in [0.5, 0.6) is 5.75 Å². The van der Waals surface area contributed by atoms with Gasteiger partial charge in [0.15, 0.2) is 5.69 Å². The number of nitrogens with zero attached hydrogens (tertiary/aromatic N) is 2. The van der Waals surface area contributed by atoms with Gasteiger partial charge in [0.25, 0.3) is 5.91 Å². The highest BCUT2D eigenvalue weighted by molar-refractivity contribution is 6.03. The van der Waals surface area contributed by atoms with Crippen LogP contribution >= 0.6 is 0 Å². The van der Waals surface area contributed by atoms with Crippen LogP contribution in [0, 0.1) is 5.92 Å². The highest BCUT2D eigenvalue weighted by atomic mass is 19.4. The number of rotatable bonds is 12. The molecule has 0 saturated heterocycles. The molecule has 1 unspecified atom stereocenters. The van der Waals surface area contributed by atoms with Crippen LogP contribution in [0.2, 0.25) is 0 Å². The molecule has 0 spiro atoms. The number of ether oxygens (including phenoxy) is 1. The predicted octanol–water partition coefficient (Wildman–Crippen LogP) is 6.48. The molecule has 4 N–H and O–H groups in total. The number of benzene rings is 3. The van der Waals surface area contributed by atoms with Gasteiger partial charge in [0.1, 0.15) is 11.4 Å². The van der Waals surface area contributed by atoms with Gasteiger partial charge in [0.05, 0.1) is 18.3 Å². The van der Waals surface area contributed by atoms with E-state index in [2.05, 4.69) is 22.7 Å². The average molecular weight is 578 g/mol. The zero-order valence-corrected chi connectivity index (χ0v) is 23.3.